The highest BCUT2D eigenvalue weighted by Crippen LogP contribution is 2.65. The summed E-state index contributed by atoms with van der Waals surface area (Å²) in [6.07, 6.45) is 12.3. The molecular weight excluding hydrogens is 406 g/mol. The van der Waals surface area contributed by atoms with Crippen LogP contribution in [0.5, 0.6) is 0 Å². The van der Waals surface area contributed by atoms with Crippen molar-refractivity contribution in [2.24, 2.45) is 39.4 Å². The van der Waals surface area contributed by atoms with Crippen molar-refractivity contribution in [3.05, 3.63) is 29.3 Å². The molecule has 4 aliphatic carbocycles. The van der Waals surface area contributed by atoms with E-state index in [2.05, 4.69) is 42.3 Å². The van der Waals surface area contributed by atoms with E-state index in [1.807, 2.05) is 17.4 Å². The number of nitrogens with zero attached hydrogens (tertiary/aromatic N) is 2. The van der Waals surface area contributed by atoms with Crippen LogP contribution in [0.25, 0.3) is 5.57 Å². The molecule has 0 aromatic carbocycles. The number of carbonyl (C=O) groups excluding carboxylic acids is 1. The highest BCUT2D eigenvalue weighted by Gasteiger charge is 2.58. The van der Waals surface area contributed by atoms with Crippen molar-refractivity contribution in [2.75, 3.05) is 11.9 Å². The highest BCUT2D eigenvalue weighted by atomic mass is 32.1. The van der Waals surface area contributed by atoms with Crippen LogP contribution in [0.15, 0.2) is 23.8 Å². The molecule has 4 N–H and O–H groups in total. The van der Waals surface area contributed by atoms with Crippen LogP contribution in [0.4, 0.5) is 9.93 Å². The number of fused-ring (bicyclic) bond motifs is 7. The van der Waals surface area contributed by atoms with E-state index in [4.69, 9.17) is 10.7 Å². The molecule has 0 aliphatic heterocycles. The molecule has 1 aromatic heterocycles. The molecule has 1 heterocycles. The predicted octanol–water partition coefficient (Wildman–Crippen LogP) is 4.95. The Bertz CT molecular complexity index is 981. The molecule has 166 valence electrons. The number of nitrogens with one attached hydrogen (secondary N) is 2. The standard InChI is InChI=1S/C24H33N5OS/c1-4-13-26-22-27-18-10-12-23(2)16-9-11-24(3)15(7-8-19(24)28-29-21(25)30)14(16)5-6-17(23)20(18)31-22/h4,6,14-16H,1,5,7-13H2,2-3H3,(H,26,27)(H3,25,29,30)/b28-19+/t14-,15-,16-,23+,24-/m0/s1. The number of aryl methyl sites for hydroxylation is 1. The van der Waals surface area contributed by atoms with Gasteiger partial charge in [0.15, 0.2) is 5.13 Å². The van der Waals surface area contributed by atoms with Gasteiger partial charge in [0.05, 0.1) is 10.6 Å². The number of allylic oxidation sites excluding steroid dienone is 2. The monoisotopic (exact) mass is 439 g/mol. The zero-order chi connectivity index (χ0) is 21.8. The average molecular weight is 440 g/mol. The zero-order valence-electron chi connectivity index (χ0n) is 18.5. The van der Waals surface area contributed by atoms with Crippen molar-refractivity contribution in [2.45, 2.75) is 58.8 Å². The van der Waals surface area contributed by atoms with E-state index < -0.39 is 6.03 Å². The molecule has 6 nitrogen and oxygen atoms in total. The van der Waals surface area contributed by atoms with E-state index in [0.717, 1.165) is 49.5 Å². The zero-order valence-corrected chi connectivity index (χ0v) is 19.4. The van der Waals surface area contributed by atoms with Gasteiger partial charge in [0.25, 0.3) is 0 Å². The van der Waals surface area contributed by atoms with Crippen LogP contribution in [0.2, 0.25) is 0 Å². The average Bonchev–Trinajstić information content (AvgIpc) is 3.30. The summed E-state index contributed by atoms with van der Waals surface area (Å²) in [5, 5.41) is 8.83. The Hall–Kier alpha value is -2.15. The second-order valence-electron chi connectivity index (χ2n) is 10.1. The number of rotatable bonds is 4. The van der Waals surface area contributed by atoms with Crippen LogP contribution in [0.3, 0.4) is 0 Å². The van der Waals surface area contributed by atoms with Crippen molar-refractivity contribution in [1.82, 2.24) is 10.4 Å². The van der Waals surface area contributed by atoms with Crippen LogP contribution < -0.4 is 16.5 Å². The number of urea groups is 1. The Balaban J connectivity index is 1.45. The molecule has 4 aliphatic rings. The maximum atomic E-state index is 11.2. The van der Waals surface area contributed by atoms with E-state index in [9.17, 15) is 4.79 Å². The van der Waals surface area contributed by atoms with Crippen molar-refractivity contribution >= 4 is 33.8 Å². The second kappa shape index (κ2) is 7.47. The van der Waals surface area contributed by atoms with E-state index in [0.29, 0.717) is 17.8 Å². The van der Waals surface area contributed by atoms with Crippen LogP contribution in [-0.2, 0) is 6.42 Å². The van der Waals surface area contributed by atoms with Crippen molar-refractivity contribution in [1.29, 1.82) is 0 Å². The highest BCUT2D eigenvalue weighted by molar-refractivity contribution is 7.16. The third-order valence-corrected chi connectivity index (χ3v) is 9.82. The van der Waals surface area contributed by atoms with Gasteiger partial charge >= 0.3 is 6.03 Å². The first kappa shape index (κ1) is 20.7. The van der Waals surface area contributed by atoms with Gasteiger partial charge in [0.1, 0.15) is 0 Å². The maximum absolute atomic E-state index is 11.2. The Morgan fingerprint density at radius 3 is 2.90 bits per heavy atom. The Morgan fingerprint density at radius 2 is 2.13 bits per heavy atom. The number of hydrazone groups is 1. The van der Waals surface area contributed by atoms with Gasteiger partial charge in [-0.1, -0.05) is 37.3 Å². The van der Waals surface area contributed by atoms with Gasteiger partial charge in [-0.25, -0.2) is 15.2 Å². The number of nitrogens with two attached hydrogens (primary N) is 1. The first-order chi connectivity index (χ1) is 14.9. The molecule has 0 radical (unpaired) electrons. The lowest BCUT2D eigenvalue weighted by molar-refractivity contribution is 0.0116. The molecule has 0 saturated heterocycles. The van der Waals surface area contributed by atoms with E-state index >= 15 is 0 Å². The lowest BCUT2D eigenvalue weighted by atomic mass is 9.48. The van der Waals surface area contributed by atoms with Crippen molar-refractivity contribution in [3.8, 4) is 0 Å². The fourth-order valence-corrected chi connectivity index (χ4v) is 8.40. The third kappa shape index (κ3) is 3.15. The minimum atomic E-state index is -0.574. The van der Waals surface area contributed by atoms with E-state index in [-0.39, 0.29) is 10.8 Å². The minimum Gasteiger partial charge on any atom is -0.358 e. The molecule has 0 unspecified atom stereocenters. The first-order valence-corrected chi connectivity index (χ1v) is 12.4. The molecule has 5 atom stereocenters. The SMILES string of the molecule is C=CCNc1nc2c(s1)C1=CC[C@@H]3[C@H](CC[C@]4(C)/C(=N/NC(N)=O)CC[C@@H]34)[C@@]1(C)CC2. The van der Waals surface area contributed by atoms with E-state index in [1.54, 1.807) is 5.57 Å². The third-order valence-electron chi connectivity index (χ3n) is 8.73. The molecule has 1 aromatic rings. The molecule has 0 spiro atoms. The summed E-state index contributed by atoms with van der Waals surface area (Å²) in [7, 11) is 0. The minimum absolute atomic E-state index is 0.0808. The normalized spacial score (nSPS) is 37.2. The van der Waals surface area contributed by atoms with Crippen molar-refractivity contribution < 1.29 is 4.79 Å². The number of thiazole rings is 1. The van der Waals surface area contributed by atoms with Crippen LogP contribution in [0, 0.1) is 28.6 Å². The fraction of sp³-hybridized carbons (Fsp3) is 0.625. The lowest BCUT2D eigenvalue weighted by Gasteiger charge is -2.56. The first-order valence-electron chi connectivity index (χ1n) is 11.5. The summed E-state index contributed by atoms with van der Waals surface area (Å²) in [6, 6.07) is -0.574. The number of amides is 2. The van der Waals surface area contributed by atoms with E-state index in [1.165, 1.54) is 23.4 Å². The van der Waals surface area contributed by atoms with Gasteiger partial charge in [0.2, 0.25) is 0 Å². The van der Waals surface area contributed by atoms with Gasteiger partial charge in [-0.2, -0.15) is 5.10 Å². The van der Waals surface area contributed by atoms with Gasteiger partial charge in [0, 0.05) is 17.7 Å². The summed E-state index contributed by atoms with van der Waals surface area (Å²) in [5.41, 5.74) is 12.0. The van der Waals surface area contributed by atoms with Crippen molar-refractivity contribution in [3.63, 3.8) is 0 Å². The van der Waals surface area contributed by atoms with Crippen LogP contribution in [-0.4, -0.2) is 23.3 Å². The molecule has 5 rings (SSSR count). The summed E-state index contributed by atoms with van der Waals surface area (Å²) in [4.78, 5) is 17.5. The van der Waals surface area contributed by atoms with Gasteiger partial charge in [-0.15, -0.1) is 6.58 Å². The second-order valence-corrected chi connectivity index (χ2v) is 11.1. The Morgan fingerprint density at radius 1 is 1.32 bits per heavy atom. The molecule has 2 saturated carbocycles. The molecular formula is C24H33N5OS. The summed E-state index contributed by atoms with van der Waals surface area (Å²) in [6.45, 7) is 9.43. The topological polar surface area (TPSA) is 92.4 Å². The number of anilines is 1. The number of primary amides is 1. The lowest BCUT2D eigenvalue weighted by Crippen LogP contribution is -2.49. The summed E-state index contributed by atoms with van der Waals surface area (Å²) in [5.74, 6) is 2.01. The van der Waals surface area contributed by atoms with Crippen LogP contribution in [0.1, 0.15) is 62.9 Å². The molecule has 0 bridgehead atoms. The van der Waals surface area contributed by atoms with Crippen LogP contribution >= 0.6 is 11.3 Å². The summed E-state index contributed by atoms with van der Waals surface area (Å²) < 4.78 is 0. The number of carbonyl (C=O) groups is 1. The Labute approximate surface area is 188 Å². The molecule has 31 heavy (non-hydrogen) atoms. The quantitative estimate of drug-likeness (QED) is 0.458. The summed E-state index contributed by atoms with van der Waals surface area (Å²) >= 11 is 1.82. The predicted molar refractivity (Wildman–Crippen MR) is 127 cm³/mol. The maximum Gasteiger partial charge on any atom is 0.332 e. The number of hydrogen-bond donors (Lipinski definition) is 3. The van der Waals surface area contributed by atoms with Gasteiger partial charge < -0.3 is 11.1 Å². The smallest absolute Gasteiger partial charge is 0.332 e. The largest absolute Gasteiger partial charge is 0.358 e. The fourth-order valence-electron chi connectivity index (χ4n) is 7.21. The van der Waals surface area contributed by atoms with Gasteiger partial charge in [-0.3, -0.25) is 0 Å². The molecule has 7 heteroatoms. The molecule has 2 amide bonds. The number of aromatic nitrogens is 1. The number of hydrogen-bond acceptors (Lipinski definition) is 5. The Kier molecular flexibility index (Phi) is 5.00. The molecule has 2 fully saturated rings. The van der Waals surface area contributed by atoms with Gasteiger partial charge in [-0.05, 0) is 73.7 Å².